The lowest BCUT2D eigenvalue weighted by Gasteiger charge is -2.18. The van der Waals surface area contributed by atoms with Crippen molar-refractivity contribution in [1.29, 1.82) is 0 Å². The Balaban J connectivity index is 2.64. The van der Waals surface area contributed by atoms with Crippen molar-refractivity contribution in [2.45, 2.75) is 13.3 Å². The number of halogens is 2. The predicted molar refractivity (Wildman–Crippen MR) is 79.7 cm³/mol. The molecular formula is C12H19ClFN3O2S. The molecule has 0 aromatic heterocycles. The van der Waals surface area contributed by atoms with Crippen LogP contribution in [0.2, 0.25) is 5.02 Å². The second kappa shape index (κ2) is 7.78. The molecule has 0 aliphatic carbocycles. The van der Waals surface area contributed by atoms with E-state index in [0.717, 1.165) is 25.2 Å². The summed E-state index contributed by atoms with van der Waals surface area (Å²) >= 11 is 5.79. The highest BCUT2D eigenvalue weighted by atomic mass is 35.5. The summed E-state index contributed by atoms with van der Waals surface area (Å²) in [6, 6.07) is 3.50. The lowest BCUT2D eigenvalue weighted by molar-refractivity contribution is 0.459. The first-order valence-electron chi connectivity index (χ1n) is 6.26. The smallest absolute Gasteiger partial charge is 0.301 e. The van der Waals surface area contributed by atoms with Gasteiger partial charge in [-0.05, 0) is 37.7 Å². The van der Waals surface area contributed by atoms with E-state index in [1.54, 1.807) is 0 Å². The first-order valence-corrected chi connectivity index (χ1v) is 8.08. The molecule has 1 aromatic carbocycles. The Morgan fingerprint density at radius 2 is 2.10 bits per heavy atom. The molecule has 5 nitrogen and oxygen atoms in total. The van der Waals surface area contributed by atoms with Gasteiger partial charge in [0.25, 0.3) is 0 Å². The van der Waals surface area contributed by atoms with Crippen molar-refractivity contribution in [3.05, 3.63) is 29.0 Å². The lowest BCUT2D eigenvalue weighted by Crippen LogP contribution is -2.34. The van der Waals surface area contributed by atoms with E-state index < -0.39 is 16.0 Å². The van der Waals surface area contributed by atoms with Crippen molar-refractivity contribution in [1.82, 2.24) is 9.62 Å². The van der Waals surface area contributed by atoms with Crippen LogP contribution >= 0.6 is 11.6 Å². The van der Waals surface area contributed by atoms with Gasteiger partial charge in [-0.3, -0.25) is 4.72 Å². The van der Waals surface area contributed by atoms with Crippen molar-refractivity contribution in [3.8, 4) is 0 Å². The van der Waals surface area contributed by atoms with E-state index in [0.29, 0.717) is 13.0 Å². The Morgan fingerprint density at radius 1 is 1.40 bits per heavy atom. The van der Waals surface area contributed by atoms with E-state index in [1.165, 1.54) is 17.4 Å². The molecule has 0 aliphatic rings. The number of anilines is 1. The van der Waals surface area contributed by atoms with Crippen LogP contribution in [0.15, 0.2) is 18.2 Å². The fourth-order valence-electron chi connectivity index (χ4n) is 1.51. The van der Waals surface area contributed by atoms with Gasteiger partial charge in [0.1, 0.15) is 5.82 Å². The minimum atomic E-state index is -3.69. The van der Waals surface area contributed by atoms with Crippen LogP contribution in [0.25, 0.3) is 0 Å². The van der Waals surface area contributed by atoms with E-state index >= 15 is 0 Å². The molecular weight excluding hydrogens is 305 g/mol. The number of hydrogen-bond donors (Lipinski definition) is 2. The summed E-state index contributed by atoms with van der Waals surface area (Å²) in [5, 5.41) is 3.14. The molecule has 1 rings (SSSR count). The first-order chi connectivity index (χ1) is 9.36. The van der Waals surface area contributed by atoms with Gasteiger partial charge in [0.05, 0.1) is 10.7 Å². The second-order valence-electron chi connectivity index (χ2n) is 4.26. The maximum Gasteiger partial charge on any atom is 0.301 e. The molecule has 0 atom stereocenters. The second-order valence-corrected chi connectivity index (χ2v) is 6.44. The fourth-order valence-corrected chi connectivity index (χ4v) is 2.76. The third kappa shape index (κ3) is 5.24. The minimum absolute atomic E-state index is 0.0228. The van der Waals surface area contributed by atoms with Gasteiger partial charge >= 0.3 is 10.2 Å². The van der Waals surface area contributed by atoms with Crippen LogP contribution in [0.5, 0.6) is 0 Å². The fraction of sp³-hybridized carbons (Fsp3) is 0.500. The van der Waals surface area contributed by atoms with Gasteiger partial charge in [-0.15, -0.1) is 0 Å². The predicted octanol–water partition coefficient (Wildman–Crippen LogP) is 2.07. The average molecular weight is 324 g/mol. The molecule has 0 fully saturated rings. The summed E-state index contributed by atoms with van der Waals surface area (Å²) < 4.78 is 40.5. The van der Waals surface area contributed by atoms with Crippen LogP contribution in [-0.4, -0.2) is 39.4 Å². The lowest BCUT2D eigenvalue weighted by atomic mass is 10.3. The van der Waals surface area contributed by atoms with Crippen molar-refractivity contribution in [3.63, 3.8) is 0 Å². The SMILES string of the molecule is CCNCCCN(C)S(=O)(=O)Nc1ccc(F)cc1Cl. The van der Waals surface area contributed by atoms with E-state index in [9.17, 15) is 12.8 Å². The quantitative estimate of drug-likeness (QED) is 0.720. The zero-order chi connectivity index (χ0) is 15.2. The molecule has 0 amide bonds. The van der Waals surface area contributed by atoms with E-state index in [4.69, 9.17) is 11.6 Å². The third-order valence-electron chi connectivity index (χ3n) is 2.66. The highest BCUT2D eigenvalue weighted by molar-refractivity contribution is 7.90. The number of nitrogens with one attached hydrogen (secondary N) is 2. The molecule has 0 aliphatic heterocycles. The zero-order valence-electron chi connectivity index (χ0n) is 11.5. The Hall–Kier alpha value is -0.890. The molecule has 2 N–H and O–H groups in total. The van der Waals surface area contributed by atoms with Gasteiger partial charge in [0.15, 0.2) is 0 Å². The summed E-state index contributed by atoms with van der Waals surface area (Å²) in [4.78, 5) is 0. The normalized spacial score (nSPS) is 11.8. The van der Waals surface area contributed by atoms with Crippen molar-refractivity contribution in [2.24, 2.45) is 0 Å². The molecule has 0 saturated carbocycles. The molecule has 0 saturated heterocycles. The number of rotatable bonds is 8. The van der Waals surface area contributed by atoms with E-state index in [1.807, 2.05) is 6.92 Å². The highest BCUT2D eigenvalue weighted by Gasteiger charge is 2.18. The van der Waals surface area contributed by atoms with Gasteiger partial charge in [-0.1, -0.05) is 18.5 Å². The van der Waals surface area contributed by atoms with E-state index in [2.05, 4.69) is 10.0 Å². The maximum atomic E-state index is 12.9. The molecule has 0 bridgehead atoms. The summed E-state index contributed by atoms with van der Waals surface area (Å²) in [6.07, 6.45) is 0.697. The number of nitrogens with zero attached hydrogens (tertiary/aromatic N) is 1. The Bertz CT molecular complexity index is 540. The van der Waals surface area contributed by atoms with Crippen LogP contribution in [0.1, 0.15) is 13.3 Å². The van der Waals surface area contributed by atoms with Crippen LogP contribution in [-0.2, 0) is 10.2 Å². The van der Waals surface area contributed by atoms with Crippen molar-refractivity contribution >= 4 is 27.5 Å². The molecule has 8 heteroatoms. The first kappa shape index (κ1) is 17.2. The number of benzene rings is 1. The number of hydrogen-bond acceptors (Lipinski definition) is 3. The topological polar surface area (TPSA) is 61.4 Å². The molecule has 0 radical (unpaired) electrons. The standard InChI is InChI=1S/C12H19ClFN3O2S/c1-3-15-7-4-8-17(2)20(18,19)16-12-6-5-10(14)9-11(12)13/h5-6,9,15-16H,3-4,7-8H2,1-2H3. The Labute approximate surface area is 124 Å². The van der Waals surface area contributed by atoms with Gasteiger partial charge in [0.2, 0.25) is 0 Å². The van der Waals surface area contributed by atoms with Gasteiger partial charge in [-0.2, -0.15) is 12.7 Å². The largest absolute Gasteiger partial charge is 0.317 e. The Kier molecular flexibility index (Phi) is 6.67. The molecule has 0 spiro atoms. The molecule has 20 heavy (non-hydrogen) atoms. The van der Waals surface area contributed by atoms with Crippen molar-refractivity contribution < 1.29 is 12.8 Å². The molecule has 0 heterocycles. The molecule has 114 valence electrons. The van der Waals surface area contributed by atoms with Gasteiger partial charge in [-0.25, -0.2) is 4.39 Å². The van der Waals surface area contributed by atoms with Crippen LogP contribution in [0.3, 0.4) is 0 Å². The van der Waals surface area contributed by atoms with Crippen molar-refractivity contribution in [2.75, 3.05) is 31.4 Å². The monoisotopic (exact) mass is 323 g/mol. The summed E-state index contributed by atoms with van der Waals surface area (Å²) in [5.74, 6) is -0.517. The summed E-state index contributed by atoms with van der Waals surface area (Å²) in [5.41, 5.74) is 0.159. The van der Waals surface area contributed by atoms with Gasteiger partial charge in [0, 0.05) is 13.6 Å². The highest BCUT2D eigenvalue weighted by Crippen LogP contribution is 2.23. The third-order valence-corrected chi connectivity index (χ3v) is 4.45. The van der Waals surface area contributed by atoms with Gasteiger partial charge < -0.3 is 5.32 Å². The minimum Gasteiger partial charge on any atom is -0.317 e. The van der Waals surface area contributed by atoms with Crippen LogP contribution < -0.4 is 10.0 Å². The van der Waals surface area contributed by atoms with Crippen LogP contribution in [0.4, 0.5) is 10.1 Å². The Morgan fingerprint density at radius 3 is 2.70 bits per heavy atom. The van der Waals surface area contributed by atoms with Crippen LogP contribution in [0, 0.1) is 5.82 Å². The zero-order valence-corrected chi connectivity index (χ0v) is 13.1. The molecule has 1 aromatic rings. The maximum absolute atomic E-state index is 12.9. The summed E-state index contributed by atoms with van der Waals surface area (Å²) in [7, 11) is -2.21. The van der Waals surface area contributed by atoms with E-state index in [-0.39, 0.29) is 10.7 Å². The average Bonchev–Trinajstić information content (AvgIpc) is 2.37. The molecule has 0 unspecified atom stereocenters. The summed E-state index contributed by atoms with van der Waals surface area (Å²) in [6.45, 7) is 3.95.